The van der Waals surface area contributed by atoms with Crippen LogP contribution in [0.1, 0.15) is 0 Å². The molecule has 0 amide bonds. The molecule has 23 heavy (non-hydrogen) atoms. The van der Waals surface area contributed by atoms with Crippen molar-refractivity contribution in [3.05, 3.63) is 30.3 Å². The number of hydrogen-bond acceptors (Lipinski definition) is 4. The Morgan fingerprint density at radius 2 is 1.87 bits per heavy atom. The molecule has 0 aromatic heterocycles. The lowest BCUT2D eigenvalue weighted by Gasteiger charge is -2.26. The van der Waals surface area contributed by atoms with Crippen LogP contribution in [0.15, 0.2) is 40.2 Å². The van der Waals surface area contributed by atoms with Crippen LogP contribution in [0.4, 0.5) is 0 Å². The Balaban J connectivity index is 0.00000264. The molecule has 0 aliphatic carbocycles. The maximum Gasteiger partial charge on any atom is 0.191 e. The van der Waals surface area contributed by atoms with Crippen molar-refractivity contribution in [3.8, 4) is 0 Å². The number of ether oxygens (including phenoxy) is 1. The molecule has 2 N–H and O–H groups in total. The number of rotatable bonds is 7. The number of benzene rings is 1. The van der Waals surface area contributed by atoms with Crippen molar-refractivity contribution in [2.24, 2.45) is 4.99 Å². The van der Waals surface area contributed by atoms with Gasteiger partial charge >= 0.3 is 0 Å². The van der Waals surface area contributed by atoms with E-state index in [2.05, 4.69) is 44.8 Å². The molecular weight excluding hydrogens is 423 g/mol. The normalized spacial score (nSPS) is 15.8. The number of nitrogens with one attached hydrogen (secondary N) is 2. The van der Waals surface area contributed by atoms with Crippen molar-refractivity contribution in [2.45, 2.75) is 4.90 Å². The fraction of sp³-hybridized carbons (Fsp3) is 0.562. The van der Waals surface area contributed by atoms with Gasteiger partial charge in [-0.25, -0.2) is 0 Å². The number of nitrogens with zero attached hydrogens (tertiary/aromatic N) is 2. The average Bonchev–Trinajstić information content (AvgIpc) is 2.59. The van der Waals surface area contributed by atoms with Crippen LogP contribution in [0.5, 0.6) is 0 Å². The molecule has 0 unspecified atom stereocenters. The van der Waals surface area contributed by atoms with Crippen LogP contribution >= 0.6 is 35.7 Å². The zero-order chi connectivity index (χ0) is 15.5. The molecule has 0 saturated carbocycles. The monoisotopic (exact) mass is 450 g/mol. The average molecular weight is 450 g/mol. The molecule has 0 radical (unpaired) electrons. The topological polar surface area (TPSA) is 48.9 Å². The van der Waals surface area contributed by atoms with E-state index in [1.807, 2.05) is 24.9 Å². The van der Waals surface area contributed by atoms with Crippen molar-refractivity contribution in [1.29, 1.82) is 0 Å². The van der Waals surface area contributed by atoms with Crippen LogP contribution in [0.2, 0.25) is 0 Å². The molecule has 1 heterocycles. The van der Waals surface area contributed by atoms with E-state index in [4.69, 9.17) is 4.74 Å². The largest absolute Gasteiger partial charge is 0.379 e. The van der Waals surface area contributed by atoms with Gasteiger partial charge < -0.3 is 15.4 Å². The van der Waals surface area contributed by atoms with Crippen LogP contribution in [-0.2, 0) is 4.74 Å². The Morgan fingerprint density at radius 1 is 1.17 bits per heavy atom. The van der Waals surface area contributed by atoms with Crippen LogP contribution in [0.25, 0.3) is 0 Å². The lowest BCUT2D eigenvalue weighted by Crippen LogP contribution is -2.44. The summed E-state index contributed by atoms with van der Waals surface area (Å²) in [6.45, 7) is 6.60. The Kier molecular flexibility index (Phi) is 11.5. The van der Waals surface area contributed by atoms with Crippen molar-refractivity contribution < 1.29 is 4.74 Å². The second-order valence-electron chi connectivity index (χ2n) is 5.04. The second kappa shape index (κ2) is 12.9. The van der Waals surface area contributed by atoms with E-state index in [1.54, 1.807) is 0 Å². The van der Waals surface area contributed by atoms with Crippen LogP contribution < -0.4 is 10.6 Å². The number of halogens is 1. The summed E-state index contributed by atoms with van der Waals surface area (Å²) in [5.41, 5.74) is 0. The maximum atomic E-state index is 5.35. The molecular formula is C16H27IN4OS. The molecule has 1 aromatic carbocycles. The third kappa shape index (κ3) is 8.78. The van der Waals surface area contributed by atoms with E-state index >= 15 is 0 Å². The molecule has 0 bridgehead atoms. The predicted molar refractivity (Wildman–Crippen MR) is 109 cm³/mol. The van der Waals surface area contributed by atoms with Gasteiger partial charge in [-0.15, -0.1) is 35.7 Å². The minimum absolute atomic E-state index is 0. The summed E-state index contributed by atoms with van der Waals surface area (Å²) in [6, 6.07) is 10.5. The fourth-order valence-corrected chi connectivity index (χ4v) is 3.02. The molecule has 0 spiro atoms. The van der Waals surface area contributed by atoms with Gasteiger partial charge in [0.25, 0.3) is 0 Å². The molecule has 1 saturated heterocycles. The molecule has 7 heteroatoms. The van der Waals surface area contributed by atoms with Gasteiger partial charge in [-0.05, 0) is 12.1 Å². The Labute approximate surface area is 160 Å². The minimum Gasteiger partial charge on any atom is -0.379 e. The van der Waals surface area contributed by atoms with Crippen LogP contribution in [0.3, 0.4) is 0 Å². The van der Waals surface area contributed by atoms with Gasteiger partial charge in [0.1, 0.15) is 0 Å². The number of morpholine rings is 1. The van der Waals surface area contributed by atoms with Crippen molar-refractivity contribution in [2.75, 3.05) is 58.7 Å². The first kappa shape index (κ1) is 20.5. The zero-order valence-electron chi connectivity index (χ0n) is 13.7. The number of thioether (sulfide) groups is 1. The van der Waals surface area contributed by atoms with E-state index in [9.17, 15) is 0 Å². The first-order valence-corrected chi connectivity index (χ1v) is 8.79. The highest BCUT2D eigenvalue weighted by Crippen LogP contribution is 2.15. The smallest absolute Gasteiger partial charge is 0.191 e. The molecule has 1 aromatic rings. The van der Waals surface area contributed by atoms with Crippen molar-refractivity contribution in [3.63, 3.8) is 0 Å². The highest BCUT2D eigenvalue weighted by Gasteiger charge is 2.09. The van der Waals surface area contributed by atoms with Crippen LogP contribution in [-0.4, -0.2) is 69.6 Å². The summed E-state index contributed by atoms with van der Waals surface area (Å²) in [4.78, 5) is 7.97. The number of aliphatic imine (C=N–C) groups is 1. The van der Waals surface area contributed by atoms with Gasteiger partial charge in [-0.1, -0.05) is 18.2 Å². The molecule has 1 aliphatic heterocycles. The van der Waals surface area contributed by atoms with E-state index in [-0.39, 0.29) is 24.0 Å². The van der Waals surface area contributed by atoms with Crippen molar-refractivity contribution >= 4 is 41.7 Å². The third-order valence-corrected chi connectivity index (χ3v) is 4.47. The van der Waals surface area contributed by atoms with E-state index in [1.165, 1.54) is 4.90 Å². The summed E-state index contributed by atoms with van der Waals surface area (Å²) in [7, 11) is 1.81. The van der Waals surface area contributed by atoms with Gasteiger partial charge in [0.15, 0.2) is 5.96 Å². The van der Waals surface area contributed by atoms with Gasteiger partial charge in [-0.2, -0.15) is 0 Å². The van der Waals surface area contributed by atoms with Gasteiger partial charge in [-0.3, -0.25) is 9.89 Å². The fourth-order valence-electron chi connectivity index (χ4n) is 2.23. The summed E-state index contributed by atoms with van der Waals surface area (Å²) in [5.74, 6) is 1.90. The maximum absolute atomic E-state index is 5.35. The first-order valence-electron chi connectivity index (χ1n) is 7.81. The standard InChI is InChI=1S/C16H26N4OS.HI/c1-17-16(18-7-9-20-10-12-21-13-11-20)19-8-14-22-15-5-3-2-4-6-15;/h2-6H,7-14H2,1H3,(H2,17,18,19);1H. The van der Waals surface area contributed by atoms with Gasteiger partial charge in [0.2, 0.25) is 0 Å². The second-order valence-corrected chi connectivity index (χ2v) is 6.21. The summed E-state index contributed by atoms with van der Waals surface area (Å²) in [5, 5.41) is 6.71. The molecule has 2 rings (SSSR count). The third-order valence-electron chi connectivity index (χ3n) is 3.45. The quantitative estimate of drug-likeness (QED) is 0.219. The molecule has 0 atom stereocenters. The minimum atomic E-state index is 0. The Morgan fingerprint density at radius 3 is 2.57 bits per heavy atom. The highest BCUT2D eigenvalue weighted by atomic mass is 127. The SMILES string of the molecule is CN=C(NCCSc1ccccc1)NCCN1CCOCC1.I. The van der Waals surface area contributed by atoms with Gasteiger partial charge in [0, 0.05) is 50.4 Å². The Hall–Kier alpha value is -0.510. The summed E-state index contributed by atoms with van der Waals surface area (Å²) in [6.07, 6.45) is 0. The van der Waals surface area contributed by atoms with E-state index < -0.39 is 0 Å². The van der Waals surface area contributed by atoms with Crippen LogP contribution in [0, 0.1) is 0 Å². The molecule has 1 aliphatic rings. The lowest BCUT2D eigenvalue weighted by atomic mass is 10.4. The van der Waals surface area contributed by atoms with Gasteiger partial charge in [0.05, 0.1) is 13.2 Å². The molecule has 5 nitrogen and oxygen atoms in total. The number of hydrogen-bond donors (Lipinski definition) is 2. The number of guanidine groups is 1. The lowest BCUT2D eigenvalue weighted by molar-refractivity contribution is 0.0389. The summed E-state index contributed by atoms with van der Waals surface area (Å²) < 4.78 is 5.35. The summed E-state index contributed by atoms with van der Waals surface area (Å²) >= 11 is 1.85. The van der Waals surface area contributed by atoms with Crippen molar-refractivity contribution in [1.82, 2.24) is 15.5 Å². The Bertz CT molecular complexity index is 441. The van der Waals surface area contributed by atoms with E-state index in [0.717, 1.165) is 57.6 Å². The zero-order valence-corrected chi connectivity index (χ0v) is 16.8. The molecule has 130 valence electrons. The predicted octanol–water partition coefficient (Wildman–Crippen LogP) is 1.89. The van der Waals surface area contributed by atoms with E-state index in [0.29, 0.717) is 0 Å². The first-order chi connectivity index (χ1) is 10.9. The molecule has 1 fully saturated rings. The highest BCUT2D eigenvalue weighted by molar-refractivity contribution is 14.0.